The zero-order valence-electron chi connectivity index (χ0n) is 11.5. The molecular weight excluding hydrogens is 260 g/mol. The van der Waals surface area contributed by atoms with E-state index in [1.165, 1.54) is 0 Å². The molecule has 110 valence electrons. The smallest absolute Gasteiger partial charge is 0.308 e. The van der Waals surface area contributed by atoms with Gasteiger partial charge in [-0.2, -0.15) is 0 Å². The minimum atomic E-state index is -0.887. The maximum Gasteiger partial charge on any atom is 0.308 e. The monoisotopic (exact) mass is 280 g/mol. The van der Waals surface area contributed by atoms with E-state index in [4.69, 9.17) is 5.11 Å². The zero-order valence-corrected chi connectivity index (χ0v) is 11.5. The number of carbonyl (C=O) groups is 3. The first-order valence-corrected chi connectivity index (χ1v) is 7.37. The third-order valence-electron chi connectivity index (χ3n) is 4.65. The molecule has 2 amide bonds. The first-order chi connectivity index (χ1) is 9.56. The van der Waals surface area contributed by atoms with Crippen LogP contribution >= 0.6 is 0 Å². The zero-order chi connectivity index (χ0) is 14.3. The van der Waals surface area contributed by atoms with Gasteiger partial charge in [-0.1, -0.05) is 0 Å². The average molecular weight is 280 g/mol. The van der Waals surface area contributed by atoms with Crippen molar-refractivity contribution in [3.05, 3.63) is 0 Å². The van der Waals surface area contributed by atoms with E-state index in [-0.39, 0.29) is 30.2 Å². The molecule has 2 saturated heterocycles. The maximum absolute atomic E-state index is 12.0. The highest BCUT2D eigenvalue weighted by Crippen LogP contribution is 2.33. The second-order valence-corrected chi connectivity index (χ2v) is 6.12. The third kappa shape index (κ3) is 2.51. The van der Waals surface area contributed by atoms with Crippen molar-refractivity contribution in [2.24, 2.45) is 11.8 Å². The fraction of sp³-hybridized carbons (Fsp3) is 0.786. The van der Waals surface area contributed by atoms with E-state index in [0.717, 1.165) is 25.7 Å². The summed E-state index contributed by atoms with van der Waals surface area (Å²) in [5.74, 6) is -0.990. The average Bonchev–Trinajstić information content (AvgIpc) is 3.21. The Labute approximate surface area is 117 Å². The van der Waals surface area contributed by atoms with Crippen LogP contribution in [-0.4, -0.2) is 58.4 Å². The number of rotatable bonds is 3. The van der Waals surface area contributed by atoms with Gasteiger partial charge in [0.25, 0.3) is 0 Å². The van der Waals surface area contributed by atoms with Crippen LogP contribution in [0.3, 0.4) is 0 Å². The number of nitrogens with zero attached hydrogens (tertiary/aromatic N) is 2. The molecule has 1 saturated carbocycles. The van der Waals surface area contributed by atoms with Crippen LogP contribution in [0.25, 0.3) is 0 Å². The number of carbonyl (C=O) groups excluding carboxylic acids is 2. The highest BCUT2D eigenvalue weighted by Gasteiger charge is 2.40. The summed E-state index contributed by atoms with van der Waals surface area (Å²) in [5, 5.41) is 9.00. The van der Waals surface area contributed by atoms with Gasteiger partial charge < -0.3 is 14.9 Å². The minimum Gasteiger partial charge on any atom is -0.481 e. The molecule has 0 aromatic carbocycles. The Morgan fingerprint density at radius 1 is 1.05 bits per heavy atom. The van der Waals surface area contributed by atoms with Crippen LogP contribution in [0.5, 0.6) is 0 Å². The van der Waals surface area contributed by atoms with E-state index in [1.54, 1.807) is 4.90 Å². The predicted octanol–water partition coefficient (Wildman–Crippen LogP) is 0.320. The van der Waals surface area contributed by atoms with Crippen molar-refractivity contribution in [3.8, 4) is 0 Å². The van der Waals surface area contributed by atoms with Crippen molar-refractivity contribution in [2.45, 2.75) is 38.1 Å². The molecule has 3 rings (SSSR count). The fourth-order valence-electron chi connectivity index (χ4n) is 3.24. The Hall–Kier alpha value is -1.59. The molecule has 3 fully saturated rings. The quantitative estimate of drug-likeness (QED) is 0.807. The molecule has 2 aliphatic heterocycles. The van der Waals surface area contributed by atoms with Crippen LogP contribution in [0.2, 0.25) is 0 Å². The number of amides is 2. The van der Waals surface area contributed by atoms with Crippen molar-refractivity contribution in [1.29, 1.82) is 0 Å². The van der Waals surface area contributed by atoms with Crippen LogP contribution in [0.15, 0.2) is 0 Å². The summed E-state index contributed by atoms with van der Waals surface area (Å²) in [6.07, 6.45) is 3.71. The second kappa shape index (κ2) is 5.07. The van der Waals surface area contributed by atoms with Crippen molar-refractivity contribution in [2.75, 3.05) is 19.6 Å². The molecule has 6 nitrogen and oxygen atoms in total. The Morgan fingerprint density at radius 3 is 2.20 bits per heavy atom. The fourth-order valence-corrected chi connectivity index (χ4v) is 3.24. The molecule has 0 radical (unpaired) electrons. The maximum atomic E-state index is 12.0. The number of aliphatic carboxylic acids is 1. The van der Waals surface area contributed by atoms with Gasteiger partial charge >= 0.3 is 5.97 Å². The number of piperidine rings is 1. The molecule has 1 aliphatic carbocycles. The molecule has 0 aromatic rings. The van der Waals surface area contributed by atoms with Crippen LogP contribution < -0.4 is 0 Å². The first kappa shape index (κ1) is 13.4. The molecular formula is C14H20N2O4. The van der Waals surface area contributed by atoms with Crippen molar-refractivity contribution < 1.29 is 19.5 Å². The molecule has 1 N–H and O–H groups in total. The molecule has 0 bridgehead atoms. The van der Waals surface area contributed by atoms with Gasteiger partial charge in [-0.15, -0.1) is 0 Å². The SMILES string of the molecule is O=C(O)C1CC(=O)N(C2CCN(C(=O)C3CC3)CC2)C1. The molecule has 6 heteroatoms. The Kier molecular flexibility index (Phi) is 3.40. The van der Waals surface area contributed by atoms with Gasteiger partial charge in [-0.3, -0.25) is 14.4 Å². The van der Waals surface area contributed by atoms with E-state index >= 15 is 0 Å². The van der Waals surface area contributed by atoms with Gasteiger partial charge in [-0.05, 0) is 25.7 Å². The summed E-state index contributed by atoms with van der Waals surface area (Å²) in [4.78, 5) is 38.5. The molecule has 3 aliphatic rings. The summed E-state index contributed by atoms with van der Waals surface area (Å²) in [6.45, 7) is 1.72. The van der Waals surface area contributed by atoms with Gasteiger partial charge in [0, 0.05) is 38.0 Å². The van der Waals surface area contributed by atoms with Crippen molar-refractivity contribution in [3.63, 3.8) is 0 Å². The molecule has 1 unspecified atom stereocenters. The summed E-state index contributed by atoms with van der Waals surface area (Å²) in [5.41, 5.74) is 0. The molecule has 20 heavy (non-hydrogen) atoms. The van der Waals surface area contributed by atoms with E-state index in [2.05, 4.69) is 0 Å². The minimum absolute atomic E-state index is 0.0515. The number of hydrogen-bond donors (Lipinski definition) is 1. The van der Waals surface area contributed by atoms with Gasteiger partial charge in [0.15, 0.2) is 0 Å². The van der Waals surface area contributed by atoms with Gasteiger partial charge in [0.2, 0.25) is 11.8 Å². The van der Waals surface area contributed by atoms with E-state index in [0.29, 0.717) is 19.6 Å². The molecule has 1 atom stereocenters. The Balaban J connectivity index is 1.54. The highest BCUT2D eigenvalue weighted by molar-refractivity contribution is 5.86. The van der Waals surface area contributed by atoms with Crippen LogP contribution in [0, 0.1) is 11.8 Å². The molecule has 0 spiro atoms. The lowest BCUT2D eigenvalue weighted by molar-refractivity contribution is -0.141. The van der Waals surface area contributed by atoms with Gasteiger partial charge in [0.05, 0.1) is 5.92 Å². The van der Waals surface area contributed by atoms with Crippen LogP contribution in [-0.2, 0) is 14.4 Å². The van der Waals surface area contributed by atoms with Gasteiger partial charge in [0.1, 0.15) is 0 Å². The third-order valence-corrected chi connectivity index (χ3v) is 4.65. The summed E-state index contributed by atoms with van der Waals surface area (Å²) in [7, 11) is 0. The lowest BCUT2D eigenvalue weighted by Crippen LogP contribution is -2.47. The number of carboxylic acids is 1. The Bertz CT molecular complexity index is 438. The van der Waals surface area contributed by atoms with Crippen molar-refractivity contribution in [1.82, 2.24) is 9.80 Å². The normalized spacial score (nSPS) is 28.0. The lowest BCUT2D eigenvalue weighted by Gasteiger charge is -2.36. The van der Waals surface area contributed by atoms with E-state index < -0.39 is 11.9 Å². The molecule has 0 aromatic heterocycles. The van der Waals surface area contributed by atoms with E-state index in [1.807, 2.05) is 4.90 Å². The Morgan fingerprint density at radius 2 is 1.70 bits per heavy atom. The molecule has 2 heterocycles. The first-order valence-electron chi connectivity index (χ1n) is 7.37. The largest absolute Gasteiger partial charge is 0.481 e. The van der Waals surface area contributed by atoms with Crippen LogP contribution in [0.1, 0.15) is 32.1 Å². The van der Waals surface area contributed by atoms with Crippen molar-refractivity contribution >= 4 is 17.8 Å². The lowest BCUT2D eigenvalue weighted by atomic mass is 10.0. The highest BCUT2D eigenvalue weighted by atomic mass is 16.4. The standard InChI is InChI=1S/C14H20N2O4/c17-12-7-10(14(19)20)8-16(12)11-3-5-15(6-4-11)13(18)9-1-2-9/h9-11H,1-8H2,(H,19,20). The summed E-state index contributed by atoms with van der Waals surface area (Å²) >= 11 is 0. The summed E-state index contributed by atoms with van der Waals surface area (Å²) in [6, 6.07) is 0.107. The number of likely N-dealkylation sites (tertiary alicyclic amines) is 2. The second-order valence-electron chi connectivity index (χ2n) is 6.12. The number of hydrogen-bond acceptors (Lipinski definition) is 3. The van der Waals surface area contributed by atoms with Gasteiger partial charge in [-0.25, -0.2) is 0 Å². The van der Waals surface area contributed by atoms with E-state index in [9.17, 15) is 14.4 Å². The number of carboxylic acid groups (broad SMARTS) is 1. The predicted molar refractivity (Wildman–Crippen MR) is 69.8 cm³/mol. The van der Waals surface area contributed by atoms with Crippen LogP contribution in [0.4, 0.5) is 0 Å². The summed E-state index contributed by atoms with van der Waals surface area (Å²) < 4.78 is 0. The topological polar surface area (TPSA) is 77.9 Å².